The van der Waals surface area contributed by atoms with Gasteiger partial charge >= 0.3 is 0 Å². The highest BCUT2D eigenvalue weighted by molar-refractivity contribution is 4.83. The van der Waals surface area contributed by atoms with E-state index < -0.39 is 0 Å². The van der Waals surface area contributed by atoms with Crippen molar-refractivity contribution in [2.45, 2.75) is 31.4 Å². The van der Waals surface area contributed by atoms with Gasteiger partial charge in [-0.2, -0.15) is 0 Å². The molecule has 1 fully saturated rings. The van der Waals surface area contributed by atoms with E-state index in [4.69, 9.17) is 0 Å². The van der Waals surface area contributed by atoms with Gasteiger partial charge in [-0.1, -0.05) is 0 Å². The third-order valence-electron chi connectivity index (χ3n) is 2.26. The van der Waals surface area contributed by atoms with Crippen LogP contribution in [0.5, 0.6) is 0 Å². The first-order chi connectivity index (χ1) is 5.38. The van der Waals surface area contributed by atoms with E-state index in [0.717, 1.165) is 19.3 Å². The molecule has 0 spiro atoms. The molecule has 60 valence electrons. The van der Waals surface area contributed by atoms with Crippen LogP contribution in [-0.4, -0.2) is 26.0 Å². The van der Waals surface area contributed by atoms with Crippen molar-refractivity contribution in [3.8, 4) is 0 Å². The maximum atomic E-state index is 9.48. The van der Waals surface area contributed by atoms with Crippen molar-refractivity contribution >= 4 is 0 Å². The molecule has 0 aliphatic heterocycles. The van der Waals surface area contributed by atoms with Gasteiger partial charge in [-0.05, 0) is 19.3 Å². The summed E-state index contributed by atoms with van der Waals surface area (Å²) in [5.74, 6) is 0. The lowest BCUT2D eigenvalue weighted by molar-refractivity contribution is 0.136. The molecule has 2 atom stereocenters. The molecule has 4 nitrogen and oxygen atoms in total. The first-order valence-electron chi connectivity index (χ1n) is 3.90. The number of nitrogens with zero attached hydrogens (tertiary/aromatic N) is 3. The van der Waals surface area contributed by atoms with Crippen LogP contribution in [0.4, 0.5) is 0 Å². The van der Waals surface area contributed by atoms with Crippen molar-refractivity contribution in [3.63, 3.8) is 0 Å². The first-order valence-corrected chi connectivity index (χ1v) is 3.90. The molecule has 0 unspecified atom stereocenters. The lowest BCUT2D eigenvalue weighted by Gasteiger charge is -2.14. The normalized spacial score (nSPS) is 31.0. The second-order valence-electron chi connectivity index (χ2n) is 2.97. The number of aliphatic hydroxyl groups is 1. The molecule has 1 heterocycles. The first kappa shape index (κ1) is 6.79. The lowest BCUT2D eigenvalue weighted by Crippen LogP contribution is -2.16. The number of aliphatic hydroxyl groups excluding tert-OH is 1. The zero-order valence-electron chi connectivity index (χ0n) is 6.22. The molecule has 0 radical (unpaired) electrons. The average molecular weight is 153 g/mol. The van der Waals surface area contributed by atoms with E-state index in [0.29, 0.717) is 0 Å². The van der Waals surface area contributed by atoms with Gasteiger partial charge in [0.2, 0.25) is 0 Å². The zero-order chi connectivity index (χ0) is 7.68. The average Bonchev–Trinajstić information content (AvgIpc) is 2.55. The minimum atomic E-state index is -0.203. The van der Waals surface area contributed by atoms with E-state index in [2.05, 4.69) is 10.2 Å². The van der Waals surface area contributed by atoms with E-state index in [9.17, 15) is 5.11 Å². The summed E-state index contributed by atoms with van der Waals surface area (Å²) in [5.41, 5.74) is 0. The van der Waals surface area contributed by atoms with Crippen molar-refractivity contribution in [2.24, 2.45) is 0 Å². The van der Waals surface area contributed by atoms with Crippen molar-refractivity contribution in [1.29, 1.82) is 0 Å². The molecule has 0 saturated heterocycles. The molecule has 1 N–H and O–H groups in total. The summed E-state index contributed by atoms with van der Waals surface area (Å²) in [6, 6.07) is 0.213. The van der Waals surface area contributed by atoms with Crippen molar-refractivity contribution in [1.82, 2.24) is 14.8 Å². The number of rotatable bonds is 1. The molecule has 11 heavy (non-hydrogen) atoms. The summed E-state index contributed by atoms with van der Waals surface area (Å²) in [6.45, 7) is 0. The van der Waals surface area contributed by atoms with Gasteiger partial charge in [-0.15, -0.1) is 10.2 Å². The Morgan fingerprint density at radius 2 is 2.00 bits per heavy atom. The van der Waals surface area contributed by atoms with Crippen molar-refractivity contribution in [2.75, 3.05) is 0 Å². The third-order valence-corrected chi connectivity index (χ3v) is 2.26. The summed E-state index contributed by atoms with van der Waals surface area (Å²) >= 11 is 0. The second-order valence-corrected chi connectivity index (χ2v) is 2.97. The Balaban J connectivity index is 2.16. The maximum absolute atomic E-state index is 9.48. The van der Waals surface area contributed by atoms with Gasteiger partial charge in [0.1, 0.15) is 12.7 Å². The van der Waals surface area contributed by atoms with Crippen LogP contribution in [0.3, 0.4) is 0 Å². The molecule has 4 heteroatoms. The second kappa shape index (κ2) is 2.62. The summed E-state index contributed by atoms with van der Waals surface area (Å²) in [7, 11) is 0. The molecule has 1 aliphatic carbocycles. The summed E-state index contributed by atoms with van der Waals surface area (Å²) in [5, 5.41) is 16.9. The highest BCUT2D eigenvalue weighted by Crippen LogP contribution is 2.29. The zero-order valence-corrected chi connectivity index (χ0v) is 6.22. The monoisotopic (exact) mass is 153 g/mol. The Hall–Kier alpha value is -0.900. The molecule has 1 aliphatic rings. The molecule has 0 bridgehead atoms. The minimum absolute atomic E-state index is 0.203. The number of aromatic nitrogens is 3. The fourth-order valence-corrected chi connectivity index (χ4v) is 1.65. The van der Waals surface area contributed by atoms with Crippen LogP contribution in [0, 0.1) is 0 Å². The quantitative estimate of drug-likeness (QED) is 0.634. The Morgan fingerprint density at radius 1 is 1.27 bits per heavy atom. The highest BCUT2D eigenvalue weighted by Gasteiger charge is 2.26. The molecular formula is C7H11N3O. The van der Waals surface area contributed by atoms with Crippen LogP contribution < -0.4 is 0 Å². The molecule has 1 saturated carbocycles. The van der Waals surface area contributed by atoms with Crippen molar-refractivity contribution in [3.05, 3.63) is 12.7 Å². The molecule has 0 amide bonds. The van der Waals surface area contributed by atoms with Crippen molar-refractivity contribution < 1.29 is 5.11 Å². The third kappa shape index (κ3) is 1.14. The van der Waals surface area contributed by atoms with Crippen LogP contribution in [0.2, 0.25) is 0 Å². The topological polar surface area (TPSA) is 50.9 Å². The predicted molar refractivity (Wildman–Crippen MR) is 38.9 cm³/mol. The van der Waals surface area contributed by atoms with E-state index in [1.54, 1.807) is 12.7 Å². The Morgan fingerprint density at radius 3 is 2.55 bits per heavy atom. The van der Waals surface area contributed by atoms with Crippen LogP contribution >= 0.6 is 0 Å². The van der Waals surface area contributed by atoms with Gasteiger partial charge in [0.25, 0.3) is 0 Å². The van der Waals surface area contributed by atoms with Gasteiger partial charge in [-0.25, -0.2) is 0 Å². The van der Waals surface area contributed by atoms with Crippen LogP contribution in [0.25, 0.3) is 0 Å². The van der Waals surface area contributed by atoms with E-state index in [-0.39, 0.29) is 12.1 Å². The summed E-state index contributed by atoms with van der Waals surface area (Å²) in [6.07, 6.45) is 6.18. The molecular weight excluding hydrogens is 142 g/mol. The van der Waals surface area contributed by atoms with Crippen LogP contribution in [0.15, 0.2) is 12.7 Å². The van der Waals surface area contributed by atoms with Gasteiger partial charge in [0.05, 0.1) is 12.1 Å². The fourth-order valence-electron chi connectivity index (χ4n) is 1.65. The number of hydrogen-bond acceptors (Lipinski definition) is 3. The Bertz CT molecular complexity index is 222. The van der Waals surface area contributed by atoms with Crippen LogP contribution in [0.1, 0.15) is 25.3 Å². The summed E-state index contributed by atoms with van der Waals surface area (Å²) < 4.78 is 1.89. The smallest absolute Gasteiger partial charge is 0.119 e. The highest BCUT2D eigenvalue weighted by atomic mass is 16.3. The largest absolute Gasteiger partial charge is 0.391 e. The molecule has 1 aromatic rings. The molecule has 1 aromatic heterocycles. The van der Waals surface area contributed by atoms with Gasteiger partial charge < -0.3 is 9.67 Å². The SMILES string of the molecule is O[C@@H]1CCC[C@H]1n1cnnc1. The summed E-state index contributed by atoms with van der Waals surface area (Å²) in [4.78, 5) is 0. The lowest BCUT2D eigenvalue weighted by atomic mass is 10.2. The van der Waals surface area contributed by atoms with E-state index in [1.807, 2.05) is 4.57 Å². The van der Waals surface area contributed by atoms with Gasteiger partial charge in [-0.3, -0.25) is 0 Å². The molecule has 2 rings (SSSR count). The molecule has 0 aromatic carbocycles. The van der Waals surface area contributed by atoms with Gasteiger partial charge in [0.15, 0.2) is 0 Å². The van der Waals surface area contributed by atoms with E-state index >= 15 is 0 Å². The predicted octanol–water partition coefficient (Wildman–Crippen LogP) is 0.364. The maximum Gasteiger partial charge on any atom is 0.119 e. The standard InChI is InChI=1S/C7H11N3O/c11-7-3-1-2-6(7)10-4-8-9-5-10/h4-7,11H,1-3H2/t6-,7-/m1/s1. The van der Waals surface area contributed by atoms with E-state index in [1.165, 1.54) is 0 Å². The van der Waals surface area contributed by atoms with Gasteiger partial charge in [0, 0.05) is 0 Å². The fraction of sp³-hybridized carbons (Fsp3) is 0.714. The van der Waals surface area contributed by atoms with Crippen LogP contribution in [-0.2, 0) is 0 Å². The Labute approximate surface area is 64.9 Å². The minimum Gasteiger partial charge on any atom is -0.391 e. The number of hydrogen-bond donors (Lipinski definition) is 1. The Kier molecular flexibility index (Phi) is 1.62.